The van der Waals surface area contributed by atoms with Crippen LogP contribution in [0.4, 0.5) is 13.2 Å². The van der Waals surface area contributed by atoms with E-state index >= 15 is 0 Å². The molecule has 0 fully saturated rings. The molecular formula is C17H13ClF3N5O. The van der Waals surface area contributed by atoms with Crippen LogP contribution in [0.2, 0.25) is 5.02 Å². The molecule has 0 saturated heterocycles. The minimum atomic E-state index is -1.01. The number of aliphatic imine (C=N–C) groups is 1. The highest BCUT2D eigenvalue weighted by Crippen LogP contribution is 2.35. The summed E-state index contributed by atoms with van der Waals surface area (Å²) in [6.07, 6.45) is 0.837. The van der Waals surface area contributed by atoms with E-state index in [9.17, 15) is 18.0 Å². The van der Waals surface area contributed by atoms with Crippen molar-refractivity contribution in [2.75, 3.05) is 0 Å². The lowest BCUT2D eigenvalue weighted by molar-refractivity contribution is -0.117. The van der Waals surface area contributed by atoms with Crippen LogP contribution in [0.5, 0.6) is 0 Å². The van der Waals surface area contributed by atoms with Gasteiger partial charge >= 0.3 is 0 Å². The summed E-state index contributed by atoms with van der Waals surface area (Å²) < 4.78 is 40.7. The number of pyridine rings is 1. The summed E-state index contributed by atoms with van der Waals surface area (Å²) in [4.78, 5) is 20.2. The van der Waals surface area contributed by atoms with Gasteiger partial charge in [-0.2, -0.15) is 0 Å². The van der Waals surface area contributed by atoms with Crippen LogP contribution in [0, 0.1) is 17.5 Å². The first kappa shape index (κ1) is 18.9. The van der Waals surface area contributed by atoms with E-state index in [1.807, 2.05) is 5.43 Å². The summed E-state index contributed by atoms with van der Waals surface area (Å²) in [5, 5.41) is 2.78. The van der Waals surface area contributed by atoms with Gasteiger partial charge < -0.3 is 5.32 Å². The van der Waals surface area contributed by atoms with Crippen molar-refractivity contribution in [2.45, 2.75) is 13.0 Å². The zero-order valence-electron chi connectivity index (χ0n) is 13.9. The molecule has 6 nitrogen and oxygen atoms in total. The normalized spacial score (nSPS) is 16.7. The summed E-state index contributed by atoms with van der Waals surface area (Å²) in [6.45, 7) is 1.55. The zero-order chi connectivity index (χ0) is 19.7. The molecule has 2 aromatic rings. The predicted octanol–water partition coefficient (Wildman–Crippen LogP) is 2.51. The van der Waals surface area contributed by atoms with E-state index in [2.05, 4.69) is 15.3 Å². The number of hydrogen-bond donors (Lipinski definition) is 3. The third kappa shape index (κ3) is 3.64. The van der Waals surface area contributed by atoms with Gasteiger partial charge in [0.2, 0.25) is 0 Å². The number of carbonyl (C=O) groups excluding carboxylic acids is 1. The van der Waals surface area contributed by atoms with E-state index in [0.717, 1.165) is 18.3 Å². The van der Waals surface area contributed by atoms with Crippen LogP contribution in [0.25, 0.3) is 0 Å². The summed E-state index contributed by atoms with van der Waals surface area (Å²) in [7, 11) is 0. The van der Waals surface area contributed by atoms with Gasteiger partial charge in [0.15, 0.2) is 11.7 Å². The van der Waals surface area contributed by atoms with Crippen LogP contribution in [0.1, 0.15) is 24.2 Å². The van der Waals surface area contributed by atoms with Gasteiger partial charge in [0.05, 0.1) is 11.8 Å². The monoisotopic (exact) mass is 395 g/mol. The molecule has 1 aliphatic rings. The number of rotatable bonds is 3. The second-order valence-electron chi connectivity index (χ2n) is 5.67. The van der Waals surface area contributed by atoms with Crippen molar-refractivity contribution < 1.29 is 18.0 Å². The van der Waals surface area contributed by atoms with Crippen molar-refractivity contribution in [3.8, 4) is 0 Å². The number of benzene rings is 1. The topological polar surface area (TPSA) is 92.4 Å². The highest BCUT2D eigenvalue weighted by molar-refractivity contribution is 6.31. The van der Waals surface area contributed by atoms with Crippen molar-refractivity contribution in [1.82, 2.24) is 15.7 Å². The number of halogens is 4. The Hall–Kier alpha value is -2.91. The Labute approximate surface area is 156 Å². The number of hydrogen-bond acceptors (Lipinski definition) is 5. The lowest BCUT2D eigenvalue weighted by Crippen LogP contribution is -2.39. The molecule has 0 radical (unpaired) electrons. The van der Waals surface area contributed by atoms with Gasteiger partial charge in [0, 0.05) is 22.3 Å². The Bertz CT molecular complexity index is 993. The molecule has 1 amide bonds. The third-order valence-corrected chi connectivity index (χ3v) is 4.23. The number of carbonyl (C=O) groups is 1. The molecular weight excluding hydrogens is 383 g/mol. The number of nitrogens with two attached hydrogens (primary N) is 1. The van der Waals surface area contributed by atoms with E-state index in [1.54, 1.807) is 6.92 Å². The van der Waals surface area contributed by atoms with Crippen molar-refractivity contribution in [3.05, 3.63) is 75.5 Å². The molecule has 27 heavy (non-hydrogen) atoms. The maximum Gasteiger partial charge on any atom is 0.265 e. The first-order valence-electron chi connectivity index (χ1n) is 7.64. The van der Waals surface area contributed by atoms with E-state index in [-0.39, 0.29) is 22.1 Å². The van der Waals surface area contributed by atoms with E-state index in [4.69, 9.17) is 17.4 Å². The molecule has 0 aliphatic carbocycles. The molecule has 0 bridgehead atoms. The fraction of sp³-hybridized carbons (Fsp3) is 0.118. The third-order valence-electron chi connectivity index (χ3n) is 3.91. The molecule has 4 N–H and O–H groups in total. The average Bonchev–Trinajstić information content (AvgIpc) is 2.60. The van der Waals surface area contributed by atoms with Gasteiger partial charge in [-0.1, -0.05) is 17.7 Å². The largest absolute Gasteiger partial charge is 0.342 e. The summed E-state index contributed by atoms with van der Waals surface area (Å²) >= 11 is 6.12. The number of hydrazine groups is 1. The highest BCUT2D eigenvalue weighted by Gasteiger charge is 2.31. The second-order valence-corrected chi connectivity index (χ2v) is 6.07. The second kappa shape index (κ2) is 7.37. The van der Waals surface area contributed by atoms with Crippen molar-refractivity contribution in [3.63, 3.8) is 0 Å². The lowest BCUT2D eigenvalue weighted by atomic mass is 9.95. The van der Waals surface area contributed by atoms with E-state index in [0.29, 0.717) is 17.3 Å². The smallest absolute Gasteiger partial charge is 0.265 e. The van der Waals surface area contributed by atoms with Crippen molar-refractivity contribution >= 4 is 23.3 Å². The fourth-order valence-corrected chi connectivity index (χ4v) is 2.98. The number of aromatic nitrogens is 1. The maximum absolute atomic E-state index is 14.1. The standard InChI is InChI=1S/C17H13ClF3N5O/c1-7-13(17(27)26-22)14(10-3-2-8(19)4-11(10)18)25-16(24-7)15-12(21)5-9(20)6-23-15/h2-6,14H,22H2,1H3,(H,24,25)(H,26,27). The van der Waals surface area contributed by atoms with Crippen LogP contribution in [0.3, 0.4) is 0 Å². The van der Waals surface area contributed by atoms with Crippen molar-refractivity contribution in [1.29, 1.82) is 0 Å². The molecule has 1 aromatic carbocycles. The summed E-state index contributed by atoms with van der Waals surface area (Å²) in [5.41, 5.74) is 2.48. The molecule has 3 rings (SSSR count). The van der Waals surface area contributed by atoms with Crippen LogP contribution in [-0.2, 0) is 4.79 Å². The van der Waals surface area contributed by atoms with E-state index in [1.165, 1.54) is 6.07 Å². The molecule has 1 aromatic heterocycles. The first-order valence-corrected chi connectivity index (χ1v) is 8.02. The van der Waals surface area contributed by atoms with Crippen LogP contribution in [0.15, 0.2) is 46.7 Å². The predicted molar refractivity (Wildman–Crippen MR) is 93.0 cm³/mol. The molecule has 1 aliphatic heterocycles. The average molecular weight is 396 g/mol. The highest BCUT2D eigenvalue weighted by atomic mass is 35.5. The van der Waals surface area contributed by atoms with E-state index < -0.39 is 29.4 Å². The molecule has 2 heterocycles. The number of nitrogens with one attached hydrogen (secondary N) is 2. The lowest BCUT2D eigenvalue weighted by Gasteiger charge is -2.26. The SMILES string of the molecule is CC1=C(C(=O)NN)C(c2ccc(F)cc2Cl)N=C(c2ncc(F)cc2F)N1. The van der Waals surface area contributed by atoms with Gasteiger partial charge in [-0.15, -0.1) is 0 Å². The minimum absolute atomic E-state index is 0.0210. The Balaban J connectivity index is 2.17. The van der Waals surface area contributed by atoms with Gasteiger partial charge in [-0.05, 0) is 19.1 Å². The molecule has 1 atom stereocenters. The fourth-order valence-electron chi connectivity index (χ4n) is 2.71. The zero-order valence-corrected chi connectivity index (χ0v) is 14.6. The van der Waals surface area contributed by atoms with Gasteiger partial charge in [-0.3, -0.25) is 15.2 Å². The molecule has 0 saturated carbocycles. The summed E-state index contributed by atoms with van der Waals surface area (Å²) in [5.74, 6) is 2.19. The quantitative estimate of drug-likeness (QED) is 0.423. The number of nitrogens with zero attached hydrogens (tertiary/aromatic N) is 2. The Morgan fingerprint density at radius 2 is 2.00 bits per heavy atom. The molecule has 1 unspecified atom stereocenters. The van der Waals surface area contributed by atoms with Crippen LogP contribution < -0.4 is 16.6 Å². The number of allylic oxidation sites excluding steroid dienone is 1. The Morgan fingerprint density at radius 3 is 2.63 bits per heavy atom. The molecule has 10 heteroatoms. The van der Waals surface area contributed by atoms with Gasteiger partial charge in [0.25, 0.3) is 5.91 Å². The van der Waals surface area contributed by atoms with Crippen LogP contribution in [-0.4, -0.2) is 16.7 Å². The molecule has 140 valence electrons. The Morgan fingerprint density at radius 1 is 1.26 bits per heavy atom. The number of amidine groups is 1. The molecule has 0 spiro atoms. The van der Waals surface area contributed by atoms with Gasteiger partial charge in [0.1, 0.15) is 23.4 Å². The first-order chi connectivity index (χ1) is 12.8. The minimum Gasteiger partial charge on any atom is -0.342 e. The number of amides is 1. The summed E-state index contributed by atoms with van der Waals surface area (Å²) in [6, 6.07) is 3.23. The maximum atomic E-state index is 14.1. The van der Waals surface area contributed by atoms with Gasteiger partial charge in [-0.25, -0.2) is 24.0 Å². The van der Waals surface area contributed by atoms with Crippen LogP contribution >= 0.6 is 11.6 Å². The van der Waals surface area contributed by atoms with Crippen molar-refractivity contribution in [2.24, 2.45) is 10.8 Å². The Kier molecular flexibility index (Phi) is 5.15.